The van der Waals surface area contributed by atoms with Gasteiger partial charge in [0.05, 0.1) is 11.7 Å². The first-order chi connectivity index (χ1) is 7.43. The molecule has 0 fully saturated rings. The number of H-pyrrole nitrogens is 1. The Morgan fingerprint density at radius 3 is 3.00 bits per heavy atom. The van der Waals surface area contributed by atoms with Gasteiger partial charge in [-0.3, -0.25) is 4.98 Å². The zero-order chi connectivity index (χ0) is 10.1. The van der Waals surface area contributed by atoms with E-state index in [-0.39, 0.29) is 0 Å². The third-order valence-corrected chi connectivity index (χ3v) is 2.32. The zero-order valence-corrected chi connectivity index (χ0v) is 7.88. The summed E-state index contributed by atoms with van der Waals surface area (Å²) >= 11 is 0. The van der Waals surface area contributed by atoms with E-state index in [0.717, 1.165) is 22.2 Å². The number of hydrogen-bond donors (Lipinski definition) is 1. The number of aromatic amines is 1. The van der Waals surface area contributed by atoms with Crippen LogP contribution < -0.4 is 0 Å². The smallest absolute Gasteiger partial charge is 0.112 e. The molecule has 0 spiro atoms. The summed E-state index contributed by atoms with van der Waals surface area (Å²) < 4.78 is 0. The van der Waals surface area contributed by atoms with E-state index in [1.54, 1.807) is 12.4 Å². The molecule has 2 aromatic heterocycles. The van der Waals surface area contributed by atoms with Crippen LogP contribution in [0.2, 0.25) is 0 Å². The van der Waals surface area contributed by atoms with Gasteiger partial charge < -0.3 is 0 Å². The van der Waals surface area contributed by atoms with Crippen LogP contribution in [0, 0.1) is 0 Å². The fraction of sp³-hybridized carbons (Fsp3) is 0. The van der Waals surface area contributed by atoms with Gasteiger partial charge in [-0.2, -0.15) is 15.4 Å². The van der Waals surface area contributed by atoms with Crippen LogP contribution in [-0.4, -0.2) is 20.4 Å². The second-order valence-corrected chi connectivity index (χ2v) is 3.27. The number of rotatable bonds is 1. The van der Waals surface area contributed by atoms with Crippen LogP contribution in [0.15, 0.2) is 42.7 Å². The zero-order valence-electron chi connectivity index (χ0n) is 7.88. The molecule has 3 aromatic rings. The monoisotopic (exact) mass is 196 g/mol. The van der Waals surface area contributed by atoms with Gasteiger partial charge in [-0.05, 0) is 12.1 Å². The Morgan fingerprint density at radius 2 is 2.13 bits per heavy atom. The molecule has 0 bridgehead atoms. The highest BCUT2D eigenvalue weighted by molar-refractivity contribution is 5.83. The highest BCUT2D eigenvalue weighted by Crippen LogP contribution is 2.20. The van der Waals surface area contributed by atoms with E-state index >= 15 is 0 Å². The van der Waals surface area contributed by atoms with E-state index in [9.17, 15) is 0 Å². The molecule has 1 N–H and O–H groups in total. The van der Waals surface area contributed by atoms with Crippen LogP contribution in [0.25, 0.3) is 22.2 Å². The lowest BCUT2D eigenvalue weighted by molar-refractivity contribution is 0.942. The first-order valence-electron chi connectivity index (χ1n) is 4.64. The van der Waals surface area contributed by atoms with Crippen LogP contribution in [0.5, 0.6) is 0 Å². The highest BCUT2D eigenvalue weighted by atomic mass is 15.3. The molecule has 3 rings (SSSR count). The molecule has 72 valence electrons. The molecule has 1 aromatic carbocycles. The molecule has 0 saturated heterocycles. The van der Waals surface area contributed by atoms with Crippen molar-refractivity contribution in [2.45, 2.75) is 0 Å². The summed E-state index contributed by atoms with van der Waals surface area (Å²) in [5.74, 6) is 0. The topological polar surface area (TPSA) is 54.5 Å². The lowest BCUT2D eigenvalue weighted by Gasteiger charge is -1.98. The number of aromatic nitrogens is 4. The van der Waals surface area contributed by atoms with Crippen LogP contribution in [0.3, 0.4) is 0 Å². The molecule has 0 unspecified atom stereocenters. The number of hydrogen-bond acceptors (Lipinski definition) is 3. The normalized spacial score (nSPS) is 10.7. The van der Waals surface area contributed by atoms with Crippen molar-refractivity contribution in [1.82, 2.24) is 20.4 Å². The van der Waals surface area contributed by atoms with Crippen molar-refractivity contribution in [2.24, 2.45) is 0 Å². The Kier molecular flexibility index (Phi) is 1.71. The van der Waals surface area contributed by atoms with E-state index in [1.807, 2.05) is 30.3 Å². The lowest BCUT2D eigenvalue weighted by Crippen LogP contribution is -1.81. The average Bonchev–Trinajstić information content (AvgIpc) is 2.82. The van der Waals surface area contributed by atoms with E-state index in [1.165, 1.54) is 0 Å². The molecule has 0 aliphatic carbocycles. The fourth-order valence-electron chi connectivity index (χ4n) is 1.57. The number of pyridine rings is 1. The van der Waals surface area contributed by atoms with Gasteiger partial charge in [0.2, 0.25) is 0 Å². The second kappa shape index (κ2) is 3.16. The largest absolute Gasteiger partial charge is 0.256 e. The van der Waals surface area contributed by atoms with Crippen molar-refractivity contribution in [3.63, 3.8) is 0 Å². The SMILES string of the molecule is c1cnc2cc(-c3cn[nH]n3)ccc2c1. The van der Waals surface area contributed by atoms with Gasteiger partial charge >= 0.3 is 0 Å². The fourth-order valence-corrected chi connectivity index (χ4v) is 1.57. The Balaban J connectivity index is 2.22. The van der Waals surface area contributed by atoms with Gasteiger partial charge in [0.25, 0.3) is 0 Å². The molecule has 4 nitrogen and oxygen atoms in total. The van der Waals surface area contributed by atoms with Crippen LogP contribution in [-0.2, 0) is 0 Å². The van der Waals surface area contributed by atoms with Crippen molar-refractivity contribution >= 4 is 10.9 Å². The van der Waals surface area contributed by atoms with Crippen molar-refractivity contribution in [2.75, 3.05) is 0 Å². The standard InChI is InChI=1S/C11H8N4/c1-2-8-3-4-9(6-10(8)12-5-1)11-7-13-15-14-11/h1-7H,(H,13,14,15). The van der Waals surface area contributed by atoms with Crippen molar-refractivity contribution < 1.29 is 0 Å². The lowest BCUT2D eigenvalue weighted by atomic mass is 10.1. The number of fused-ring (bicyclic) bond motifs is 1. The summed E-state index contributed by atoms with van der Waals surface area (Å²) in [7, 11) is 0. The molecular formula is C11H8N4. The minimum atomic E-state index is 0.836. The summed E-state index contributed by atoms with van der Waals surface area (Å²) in [5, 5.41) is 11.5. The molecule has 0 aliphatic heterocycles. The van der Waals surface area contributed by atoms with Gasteiger partial charge in [-0.1, -0.05) is 18.2 Å². The summed E-state index contributed by atoms with van der Waals surface area (Å²) in [6, 6.07) is 10.0. The van der Waals surface area contributed by atoms with Crippen LogP contribution in [0.4, 0.5) is 0 Å². The Morgan fingerprint density at radius 1 is 1.13 bits per heavy atom. The number of nitrogens with zero attached hydrogens (tertiary/aromatic N) is 3. The van der Waals surface area contributed by atoms with E-state index in [2.05, 4.69) is 20.4 Å². The highest BCUT2D eigenvalue weighted by Gasteiger charge is 2.01. The quantitative estimate of drug-likeness (QED) is 0.647. The summed E-state index contributed by atoms with van der Waals surface area (Å²) in [6.45, 7) is 0. The van der Waals surface area contributed by atoms with Crippen molar-refractivity contribution in [1.29, 1.82) is 0 Å². The van der Waals surface area contributed by atoms with Crippen molar-refractivity contribution in [3.8, 4) is 11.3 Å². The molecule has 0 radical (unpaired) electrons. The molecule has 2 heterocycles. The molecular weight excluding hydrogens is 188 g/mol. The third kappa shape index (κ3) is 1.36. The second-order valence-electron chi connectivity index (χ2n) is 3.27. The van der Waals surface area contributed by atoms with E-state index in [4.69, 9.17) is 0 Å². The van der Waals surface area contributed by atoms with Gasteiger partial charge in [0.15, 0.2) is 0 Å². The van der Waals surface area contributed by atoms with Gasteiger partial charge in [-0.15, -0.1) is 0 Å². The van der Waals surface area contributed by atoms with Crippen molar-refractivity contribution in [3.05, 3.63) is 42.7 Å². The molecule has 0 saturated carbocycles. The third-order valence-electron chi connectivity index (χ3n) is 2.32. The summed E-state index contributed by atoms with van der Waals surface area (Å²) in [5.41, 5.74) is 2.83. The Bertz CT molecular complexity index is 586. The number of benzene rings is 1. The molecule has 0 atom stereocenters. The van der Waals surface area contributed by atoms with E-state index in [0.29, 0.717) is 0 Å². The maximum atomic E-state index is 4.29. The average molecular weight is 196 g/mol. The predicted octanol–water partition coefficient (Wildman–Crippen LogP) is 2.02. The molecule has 15 heavy (non-hydrogen) atoms. The van der Waals surface area contributed by atoms with E-state index < -0.39 is 0 Å². The Hall–Kier alpha value is -2.23. The van der Waals surface area contributed by atoms with Crippen LogP contribution >= 0.6 is 0 Å². The Labute approximate surface area is 86.0 Å². The van der Waals surface area contributed by atoms with Gasteiger partial charge in [0, 0.05) is 17.1 Å². The minimum Gasteiger partial charge on any atom is -0.256 e. The van der Waals surface area contributed by atoms with Gasteiger partial charge in [0.1, 0.15) is 5.69 Å². The van der Waals surface area contributed by atoms with Gasteiger partial charge in [-0.25, -0.2) is 0 Å². The molecule has 0 amide bonds. The maximum absolute atomic E-state index is 4.29. The predicted molar refractivity (Wildman–Crippen MR) is 57.1 cm³/mol. The van der Waals surface area contributed by atoms with Crippen LogP contribution in [0.1, 0.15) is 0 Å². The number of nitrogens with one attached hydrogen (secondary N) is 1. The maximum Gasteiger partial charge on any atom is 0.112 e. The minimum absolute atomic E-state index is 0.836. The molecule has 0 aliphatic rings. The summed E-state index contributed by atoms with van der Waals surface area (Å²) in [4.78, 5) is 4.29. The first kappa shape index (κ1) is 8.11. The first-order valence-corrected chi connectivity index (χ1v) is 4.64. The molecule has 4 heteroatoms. The summed E-state index contributed by atoms with van der Waals surface area (Å²) in [6.07, 6.45) is 3.49.